The molecule has 11 nitrogen and oxygen atoms in total. The van der Waals surface area contributed by atoms with Crippen molar-refractivity contribution in [3.05, 3.63) is 86.3 Å². The zero-order chi connectivity index (χ0) is 34.4. The first kappa shape index (κ1) is 32.1. The Labute approximate surface area is 291 Å². The zero-order valence-electron chi connectivity index (χ0n) is 25.5. The molecule has 6 atom stereocenters. The van der Waals surface area contributed by atoms with Gasteiger partial charge in [-0.3, -0.25) is 19.2 Å². The topological polar surface area (TPSA) is 162 Å². The number of phenolic OH excluding ortho intramolecular Hbond substituents is 1. The van der Waals surface area contributed by atoms with Gasteiger partial charge in [0.05, 0.1) is 46.1 Å². The Bertz CT molecular complexity index is 2000. The number of nitrogens with zero attached hydrogens (tertiary/aromatic N) is 2. The summed E-state index contributed by atoms with van der Waals surface area (Å²) in [6.45, 7) is 1.76. The molecule has 1 saturated carbocycles. The lowest BCUT2D eigenvalue weighted by Crippen LogP contribution is -2.49. The lowest BCUT2D eigenvalue weighted by atomic mass is 9.51. The number of phenols is 2. The van der Waals surface area contributed by atoms with Crippen LogP contribution in [0.4, 0.5) is 11.4 Å². The highest BCUT2D eigenvalue weighted by atomic mass is 79.9. The van der Waals surface area contributed by atoms with Crippen molar-refractivity contribution < 1.29 is 44.0 Å². The van der Waals surface area contributed by atoms with Crippen molar-refractivity contribution in [3.8, 4) is 17.2 Å². The molecule has 246 valence electrons. The summed E-state index contributed by atoms with van der Waals surface area (Å²) in [7, 11) is 1.40. The molecule has 3 aromatic carbocycles. The van der Waals surface area contributed by atoms with Crippen LogP contribution in [0.1, 0.15) is 41.6 Å². The third-order valence-electron chi connectivity index (χ3n) is 10.5. The second kappa shape index (κ2) is 11.3. The van der Waals surface area contributed by atoms with E-state index in [-0.39, 0.29) is 40.1 Å². The summed E-state index contributed by atoms with van der Waals surface area (Å²) in [4.78, 5) is 70.8. The third kappa shape index (κ3) is 4.32. The molecule has 7 rings (SSSR count). The number of fused-ring (bicyclic) bond motifs is 4. The van der Waals surface area contributed by atoms with Crippen molar-refractivity contribution in [2.45, 2.75) is 25.7 Å². The van der Waals surface area contributed by atoms with E-state index in [1.807, 2.05) is 6.08 Å². The molecule has 0 bridgehead atoms. The van der Waals surface area contributed by atoms with Gasteiger partial charge in [-0.2, -0.15) is 0 Å². The number of amides is 4. The van der Waals surface area contributed by atoms with E-state index in [0.717, 1.165) is 22.6 Å². The molecule has 2 aliphatic carbocycles. The number of carbonyl (C=O) groups is 5. The molecule has 3 fully saturated rings. The summed E-state index contributed by atoms with van der Waals surface area (Å²) in [5, 5.41) is 30.5. The van der Waals surface area contributed by atoms with Gasteiger partial charge in [0.25, 0.3) is 0 Å². The quantitative estimate of drug-likeness (QED) is 0.216. The number of hydrogen-bond donors (Lipinski definition) is 3. The predicted octanol–water partition coefficient (Wildman–Crippen LogP) is 5.76. The molecule has 2 aliphatic heterocycles. The highest BCUT2D eigenvalue weighted by molar-refractivity contribution is 9.13. The van der Waals surface area contributed by atoms with Crippen molar-refractivity contribution in [2.24, 2.45) is 29.1 Å². The summed E-state index contributed by atoms with van der Waals surface area (Å²) in [5.74, 6) is -7.78. The van der Waals surface area contributed by atoms with Gasteiger partial charge in [0.2, 0.25) is 23.6 Å². The number of carboxylic acid groups (broad SMARTS) is 1. The number of aromatic carboxylic acids is 1. The number of aromatic hydroxyl groups is 2. The van der Waals surface area contributed by atoms with Crippen LogP contribution in [-0.4, -0.2) is 52.0 Å². The van der Waals surface area contributed by atoms with E-state index in [1.54, 1.807) is 43.3 Å². The van der Waals surface area contributed by atoms with Gasteiger partial charge in [-0.1, -0.05) is 29.8 Å². The molecule has 0 unspecified atom stereocenters. The second-order valence-corrected chi connectivity index (χ2v) is 14.2. The largest absolute Gasteiger partial charge is 0.507 e. The SMILES string of the molecule is COc1cc([C@H]2C3=CC[C@@H]4C(=O)N(c5ccc(C(=O)O)c(O)c5)C(=O)[C@@H]4[C@@H]3C[C@H]3C(=O)N(c4ccccc4)C(=O)[C@@]23C)c(Br)c(Br)c1O. The van der Waals surface area contributed by atoms with Crippen LogP contribution in [0.15, 0.2) is 75.2 Å². The van der Waals surface area contributed by atoms with Gasteiger partial charge in [0, 0.05) is 16.5 Å². The molecule has 2 heterocycles. The van der Waals surface area contributed by atoms with Crippen LogP contribution in [0.5, 0.6) is 17.2 Å². The van der Waals surface area contributed by atoms with E-state index >= 15 is 0 Å². The van der Waals surface area contributed by atoms with Gasteiger partial charge >= 0.3 is 5.97 Å². The van der Waals surface area contributed by atoms with Crippen molar-refractivity contribution in [2.75, 3.05) is 16.9 Å². The van der Waals surface area contributed by atoms with Crippen molar-refractivity contribution in [1.82, 2.24) is 0 Å². The second-order valence-electron chi connectivity index (χ2n) is 12.7. The van der Waals surface area contributed by atoms with Gasteiger partial charge in [0.15, 0.2) is 11.5 Å². The molecule has 3 aromatic rings. The number of benzene rings is 3. The maximum absolute atomic E-state index is 14.6. The maximum Gasteiger partial charge on any atom is 0.339 e. The van der Waals surface area contributed by atoms with Gasteiger partial charge in [-0.15, -0.1) is 0 Å². The fourth-order valence-corrected chi connectivity index (χ4v) is 9.21. The van der Waals surface area contributed by atoms with Crippen LogP contribution in [0.25, 0.3) is 0 Å². The average molecular weight is 780 g/mol. The monoisotopic (exact) mass is 778 g/mol. The first-order valence-corrected chi connectivity index (χ1v) is 16.7. The van der Waals surface area contributed by atoms with E-state index in [9.17, 15) is 39.3 Å². The molecule has 48 heavy (non-hydrogen) atoms. The lowest BCUT2D eigenvalue weighted by molar-refractivity contribution is -0.131. The summed E-state index contributed by atoms with van der Waals surface area (Å²) < 4.78 is 6.21. The fourth-order valence-electron chi connectivity index (χ4n) is 8.25. The minimum Gasteiger partial charge on any atom is -0.507 e. The van der Waals surface area contributed by atoms with Crippen LogP contribution >= 0.6 is 31.9 Å². The number of methoxy groups -OCH3 is 1. The van der Waals surface area contributed by atoms with Gasteiger partial charge in [-0.05, 0) is 93.4 Å². The molecular weight excluding hydrogens is 752 g/mol. The van der Waals surface area contributed by atoms with E-state index in [0.29, 0.717) is 15.7 Å². The fraction of sp³-hybridized carbons (Fsp3) is 0.286. The Hall–Kier alpha value is -4.49. The molecule has 0 spiro atoms. The van der Waals surface area contributed by atoms with Crippen molar-refractivity contribution >= 4 is 72.8 Å². The third-order valence-corrected chi connectivity index (χ3v) is 12.6. The van der Waals surface area contributed by atoms with Crippen LogP contribution in [-0.2, 0) is 19.2 Å². The number of rotatable bonds is 5. The average Bonchev–Trinajstić information content (AvgIpc) is 3.43. The number of imide groups is 2. The molecule has 2 saturated heterocycles. The standard InChI is InChI=1S/C35H28Br2N2O9/c1-35-22(31(43)39(34(35)47)15-6-4-3-5-7-15)13-20-17(26(35)21-14-24(48-2)29(41)28(37)27(21)36)10-11-19-25(20)32(44)38(30(19)42)16-8-9-18(33(45)46)23(40)12-16/h3-10,12,14,19-20,22,25-26,40-41H,11,13H2,1-2H3,(H,45,46)/t19-,20+,22-,25-,26+,35+/m0/s1. The normalized spacial score (nSPS) is 27.8. The molecule has 0 radical (unpaired) electrons. The zero-order valence-corrected chi connectivity index (χ0v) is 28.7. The van der Waals surface area contributed by atoms with Gasteiger partial charge in [-0.25, -0.2) is 14.6 Å². The molecule has 4 amide bonds. The van der Waals surface area contributed by atoms with Crippen LogP contribution in [0, 0.1) is 29.1 Å². The summed E-state index contributed by atoms with van der Waals surface area (Å²) >= 11 is 7.05. The van der Waals surface area contributed by atoms with Crippen molar-refractivity contribution in [1.29, 1.82) is 0 Å². The molecular formula is C35H28Br2N2O9. The minimum absolute atomic E-state index is 0.0398. The number of para-hydroxylation sites is 1. The van der Waals surface area contributed by atoms with Crippen LogP contribution in [0.3, 0.4) is 0 Å². The van der Waals surface area contributed by atoms with E-state index in [4.69, 9.17) is 4.74 Å². The van der Waals surface area contributed by atoms with E-state index < -0.39 is 70.4 Å². The smallest absolute Gasteiger partial charge is 0.339 e. The summed E-state index contributed by atoms with van der Waals surface area (Å²) in [6.07, 6.45) is 2.19. The minimum atomic E-state index is -1.36. The Morgan fingerprint density at radius 2 is 1.60 bits per heavy atom. The van der Waals surface area contributed by atoms with Gasteiger partial charge in [0.1, 0.15) is 11.3 Å². The number of allylic oxidation sites excluding steroid dienone is 2. The number of halogens is 2. The molecule has 13 heteroatoms. The Balaban J connectivity index is 1.39. The Morgan fingerprint density at radius 3 is 2.25 bits per heavy atom. The molecule has 3 N–H and O–H groups in total. The first-order chi connectivity index (χ1) is 22.8. The summed E-state index contributed by atoms with van der Waals surface area (Å²) in [6, 6.07) is 13.8. The van der Waals surface area contributed by atoms with Crippen LogP contribution in [0.2, 0.25) is 0 Å². The van der Waals surface area contributed by atoms with Gasteiger partial charge < -0.3 is 20.1 Å². The number of hydrogen-bond acceptors (Lipinski definition) is 8. The Morgan fingerprint density at radius 1 is 0.896 bits per heavy atom. The molecule has 0 aromatic heterocycles. The number of carbonyl (C=O) groups excluding carboxylic acids is 4. The summed E-state index contributed by atoms with van der Waals surface area (Å²) in [5.41, 5.74) is 0.0366. The predicted molar refractivity (Wildman–Crippen MR) is 179 cm³/mol. The Kier molecular flexibility index (Phi) is 7.55. The maximum atomic E-state index is 14.6. The van der Waals surface area contributed by atoms with E-state index in [2.05, 4.69) is 31.9 Å². The highest BCUT2D eigenvalue weighted by Crippen LogP contribution is 2.65. The number of carboxylic acids is 1. The van der Waals surface area contributed by atoms with E-state index in [1.165, 1.54) is 18.1 Å². The van der Waals surface area contributed by atoms with Crippen molar-refractivity contribution in [3.63, 3.8) is 0 Å². The first-order valence-electron chi connectivity index (χ1n) is 15.1. The molecule has 4 aliphatic rings. The number of anilines is 2. The highest BCUT2D eigenvalue weighted by Gasteiger charge is 2.68. The van der Waals surface area contributed by atoms with Crippen LogP contribution < -0.4 is 14.5 Å². The number of ether oxygens (including phenoxy) is 1. The lowest BCUT2D eigenvalue weighted by Gasteiger charge is -2.49.